The van der Waals surface area contributed by atoms with Crippen LogP contribution in [0.1, 0.15) is 32.8 Å². The number of amides is 1. The molecule has 0 radical (unpaired) electrons. The van der Waals surface area contributed by atoms with Crippen LogP contribution in [0.3, 0.4) is 0 Å². The van der Waals surface area contributed by atoms with Crippen LogP contribution < -0.4 is 16.0 Å². The Labute approximate surface area is 125 Å². The van der Waals surface area contributed by atoms with Crippen molar-refractivity contribution in [2.45, 2.75) is 33.2 Å². The van der Waals surface area contributed by atoms with E-state index in [4.69, 9.17) is 5.41 Å². The van der Waals surface area contributed by atoms with E-state index in [0.29, 0.717) is 19.0 Å². The lowest BCUT2D eigenvalue weighted by atomic mass is 10.0. The van der Waals surface area contributed by atoms with Crippen molar-refractivity contribution >= 4 is 29.1 Å². The molecule has 1 amide bonds. The molecular formula is C16H22N4O. The van der Waals surface area contributed by atoms with E-state index < -0.39 is 0 Å². The first kappa shape index (κ1) is 15.1. The Morgan fingerprint density at radius 2 is 2.19 bits per heavy atom. The lowest BCUT2D eigenvalue weighted by Gasteiger charge is -2.18. The van der Waals surface area contributed by atoms with Gasteiger partial charge in [-0.25, -0.2) is 0 Å². The molecule has 0 unspecified atom stereocenters. The fourth-order valence-electron chi connectivity index (χ4n) is 2.48. The quantitative estimate of drug-likeness (QED) is 0.643. The lowest BCUT2D eigenvalue weighted by Crippen LogP contribution is -2.22. The molecule has 5 nitrogen and oxygen atoms in total. The smallest absolute Gasteiger partial charge is 0.226 e. The van der Waals surface area contributed by atoms with Gasteiger partial charge in [0, 0.05) is 42.1 Å². The number of hydrogen-bond acceptors (Lipinski definition) is 4. The molecule has 0 aliphatic carbocycles. The number of anilines is 2. The highest BCUT2D eigenvalue weighted by atomic mass is 16.1. The Bertz CT molecular complexity index is 590. The number of hydrogen-bond donors (Lipinski definition) is 4. The Hall–Kier alpha value is -2.30. The third-order valence-corrected chi connectivity index (χ3v) is 3.34. The molecule has 0 bridgehead atoms. The fourth-order valence-corrected chi connectivity index (χ4v) is 2.48. The Kier molecular flexibility index (Phi) is 4.62. The van der Waals surface area contributed by atoms with Crippen molar-refractivity contribution in [3.8, 4) is 0 Å². The summed E-state index contributed by atoms with van der Waals surface area (Å²) >= 11 is 0. The molecule has 1 heterocycles. The summed E-state index contributed by atoms with van der Waals surface area (Å²) in [4.78, 5) is 11.7. The van der Waals surface area contributed by atoms with Gasteiger partial charge in [-0.3, -0.25) is 4.79 Å². The molecule has 1 aliphatic rings. The van der Waals surface area contributed by atoms with Gasteiger partial charge in [0.05, 0.1) is 11.4 Å². The molecule has 0 saturated carbocycles. The monoisotopic (exact) mass is 286 g/mol. The molecule has 1 aromatic rings. The Morgan fingerprint density at radius 1 is 1.43 bits per heavy atom. The molecule has 0 saturated heterocycles. The van der Waals surface area contributed by atoms with Crippen LogP contribution in [0, 0.1) is 5.41 Å². The molecule has 1 aromatic carbocycles. The summed E-state index contributed by atoms with van der Waals surface area (Å²) in [5, 5.41) is 17.3. The highest BCUT2D eigenvalue weighted by molar-refractivity contribution is 6.13. The van der Waals surface area contributed by atoms with Gasteiger partial charge in [0.25, 0.3) is 0 Å². The summed E-state index contributed by atoms with van der Waals surface area (Å²) in [5.41, 5.74) is 4.35. The van der Waals surface area contributed by atoms with E-state index in [9.17, 15) is 4.79 Å². The predicted octanol–water partition coefficient (Wildman–Crippen LogP) is 2.82. The van der Waals surface area contributed by atoms with Gasteiger partial charge in [0.2, 0.25) is 5.91 Å². The standard InChI is InChI=1S/C16H22N4O/c1-10(2)19-11(3)13(9-17)12-5-4-6-14-16(12)18-8-7-15(21)20-14/h4-6,9-10,17-19H,7-8H2,1-3H3,(H,20,21)/b13-11+,17-9?. The zero-order valence-corrected chi connectivity index (χ0v) is 12.7. The van der Waals surface area contributed by atoms with Crippen molar-refractivity contribution in [1.29, 1.82) is 5.41 Å². The maximum atomic E-state index is 11.7. The van der Waals surface area contributed by atoms with E-state index in [-0.39, 0.29) is 5.91 Å². The normalized spacial score (nSPS) is 15.3. The molecule has 112 valence electrons. The second-order valence-corrected chi connectivity index (χ2v) is 5.44. The van der Waals surface area contributed by atoms with E-state index in [1.807, 2.05) is 25.1 Å². The molecule has 0 fully saturated rings. The number of fused-ring (bicyclic) bond motifs is 1. The number of allylic oxidation sites excluding steroid dienone is 2. The third-order valence-electron chi connectivity index (χ3n) is 3.34. The number of nitrogens with one attached hydrogen (secondary N) is 4. The molecule has 21 heavy (non-hydrogen) atoms. The topological polar surface area (TPSA) is 77.0 Å². The fraction of sp³-hybridized carbons (Fsp3) is 0.375. The zero-order chi connectivity index (χ0) is 15.4. The van der Waals surface area contributed by atoms with Gasteiger partial charge in [0.15, 0.2) is 0 Å². The van der Waals surface area contributed by atoms with Crippen LogP contribution in [0.5, 0.6) is 0 Å². The van der Waals surface area contributed by atoms with Gasteiger partial charge in [0.1, 0.15) is 0 Å². The predicted molar refractivity (Wildman–Crippen MR) is 87.8 cm³/mol. The van der Waals surface area contributed by atoms with Crippen molar-refractivity contribution in [3.05, 3.63) is 29.5 Å². The van der Waals surface area contributed by atoms with Gasteiger partial charge in [-0.15, -0.1) is 0 Å². The maximum Gasteiger partial charge on any atom is 0.226 e. The first-order chi connectivity index (χ1) is 10.0. The van der Waals surface area contributed by atoms with Crippen molar-refractivity contribution in [1.82, 2.24) is 5.32 Å². The van der Waals surface area contributed by atoms with Crippen LogP contribution in [-0.4, -0.2) is 24.7 Å². The number of para-hydroxylation sites is 1. The molecule has 0 spiro atoms. The molecule has 0 aromatic heterocycles. The van der Waals surface area contributed by atoms with Crippen molar-refractivity contribution in [3.63, 3.8) is 0 Å². The third kappa shape index (κ3) is 3.42. The second kappa shape index (κ2) is 6.43. The largest absolute Gasteiger partial charge is 0.386 e. The minimum Gasteiger partial charge on any atom is -0.386 e. The van der Waals surface area contributed by atoms with Gasteiger partial charge in [-0.05, 0) is 26.8 Å². The molecule has 0 atom stereocenters. The number of carbonyl (C=O) groups is 1. The number of carbonyl (C=O) groups excluding carboxylic acids is 1. The molecule has 4 N–H and O–H groups in total. The summed E-state index contributed by atoms with van der Waals surface area (Å²) in [5.74, 6) is 0.0100. The minimum atomic E-state index is 0.0100. The van der Waals surface area contributed by atoms with Gasteiger partial charge >= 0.3 is 0 Å². The molecule has 5 heteroatoms. The first-order valence-corrected chi connectivity index (χ1v) is 7.18. The van der Waals surface area contributed by atoms with Gasteiger partial charge < -0.3 is 21.4 Å². The van der Waals surface area contributed by atoms with Gasteiger partial charge in [-0.1, -0.05) is 12.1 Å². The number of rotatable bonds is 4. The van der Waals surface area contributed by atoms with Gasteiger partial charge in [-0.2, -0.15) is 0 Å². The SMILES string of the molecule is C/C(NC(C)C)=C(/C=N)c1cccc2c1NCCC(=O)N2. The van der Waals surface area contributed by atoms with Crippen LogP contribution in [0.4, 0.5) is 11.4 Å². The first-order valence-electron chi connectivity index (χ1n) is 7.18. The van der Waals surface area contributed by atoms with Crippen LogP contribution in [0.2, 0.25) is 0 Å². The Balaban J connectivity index is 2.50. The molecule has 2 rings (SSSR count). The van der Waals surface area contributed by atoms with E-state index in [0.717, 1.165) is 28.2 Å². The highest BCUT2D eigenvalue weighted by Gasteiger charge is 2.17. The van der Waals surface area contributed by atoms with E-state index in [2.05, 4.69) is 29.8 Å². The highest BCUT2D eigenvalue weighted by Crippen LogP contribution is 2.33. The molecule has 1 aliphatic heterocycles. The van der Waals surface area contributed by atoms with Crippen LogP contribution in [-0.2, 0) is 4.79 Å². The maximum absolute atomic E-state index is 11.7. The second-order valence-electron chi connectivity index (χ2n) is 5.44. The average molecular weight is 286 g/mol. The van der Waals surface area contributed by atoms with E-state index in [1.165, 1.54) is 6.21 Å². The summed E-state index contributed by atoms with van der Waals surface area (Å²) in [6.45, 7) is 6.69. The van der Waals surface area contributed by atoms with Crippen LogP contribution in [0.15, 0.2) is 23.9 Å². The summed E-state index contributed by atoms with van der Waals surface area (Å²) in [6, 6.07) is 6.04. The van der Waals surface area contributed by atoms with Crippen molar-refractivity contribution < 1.29 is 4.79 Å². The van der Waals surface area contributed by atoms with Crippen molar-refractivity contribution in [2.75, 3.05) is 17.2 Å². The van der Waals surface area contributed by atoms with Crippen LogP contribution >= 0.6 is 0 Å². The van der Waals surface area contributed by atoms with Crippen molar-refractivity contribution in [2.24, 2.45) is 0 Å². The average Bonchev–Trinajstić information content (AvgIpc) is 2.60. The summed E-state index contributed by atoms with van der Waals surface area (Å²) in [7, 11) is 0. The minimum absolute atomic E-state index is 0.0100. The zero-order valence-electron chi connectivity index (χ0n) is 12.7. The Morgan fingerprint density at radius 3 is 2.86 bits per heavy atom. The summed E-state index contributed by atoms with van der Waals surface area (Å²) in [6.07, 6.45) is 1.80. The summed E-state index contributed by atoms with van der Waals surface area (Å²) < 4.78 is 0. The lowest BCUT2D eigenvalue weighted by molar-refractivity contribution is -0.115. The van der Waals surface area contributed by atoms with E-state index in [1.54, 1.807) is 0 Å². The van der Waals surface area contributed by atoms with E-state index >= 15 is 0 Å². The van der Waals surface area contributed by atoms with Crippen LogP contribution in [0.25, 0.3) is 5.57 Å². The molecular weight excluding hydrogens is 264 g/mol. The number of benzene rings is 1.